The zero-order chi connectivity index (χ0) is 76.0. The van der Waals surface area contributed by atoms with E-state index in [1.54, 1.807) is 68.4 Å². The first kappa shape index (κ1) is 84.0. The second kappa shape index (κ2) is 39.1. The van der Waals surface area contributed by atoms with Crippen LogP contribution in [0.5, 0.6) is 0 Å². The molecular weight excluding hydrogens is 1350 g/mol. The van der Waals surface area contributed by atoms with Crippen molar-refractivity contribution >= 4 is 82.5 Å². The molecule has 3 aromatic rings. The predicted molar refractivity (Wildman–Crippen MR) is 377 cm³/mol. The van der Waals surface area contributed by atoms with E-state index in [1.807, 2.05) is 27.7 Å². The van der Waals surface area contributed by atoms with E-state index in [9.17, 15) is 51.5 Å². The Morgan fingerprint density at radius 1 is 0.569 bits per heavy atom. The van der Waals surface area contributed by atoms with Gasteiger partial charge in [-0.25, -0.2) is 0 Å². The summed E-state index contributed by atoms with van der Waals surface area (Å²) < 4.78 is 47.3. The molecule has 0 aromatic heterocycles. The number of hydrogen-bond acceptors (Lipinski definition) is 13. The van der Waals surface area contributed by atoms with E-state index in [1.165, 1.54) is 78.2 Å². The maximum atomic E-state index is 15.6. The van der Waals surface area contributed by atoms with Crippen LogP contribution < -0.4 is 21.3 Å². The van der Waals surface area contributed by atoms with Crippen molar-refractivity contribution in [1.29, 1.82) is 0 Å². The molecule has 5 rings (SSSR count). The molecule has 1 unspecified atom stereocenters. The lowest BCUT2D eigenvalue weighted by Crippen LogP contribution is -2.61. The normalized spacial score (nSPS) is 23.2. The van der Waals surface area contributed by atoms with Gasteiger partial charge in [-0.2, -0.15) is 13.2 Å². The largest absolute Gasteiger partial charge is 0.416 e. The summed E-state index contributed by atoms with van der Waals surface area (Å²) in [7, 11) is 9.33. The second-order valence-corrected chi connectivity index (χ2v) is 28.2. The molecule has 9 atom stereocenters. The quantitative estimate of drug-likeness (QED) is 0.135. The highest BCUT2D eigenvalue weighted by atomic mass is 35.5. The lowest BCUT2D eigenvalue weighted by molar-refractivity contribution is -0.150. The van der Waals surface area contributed by atoms with Crippen LogP contribution in [0.25, 0.3) is 0 Å². The Morgan fingerprint density at radius 2 is 1.13 bits per heavy atom. The van der Waals surface area contributed by atoms with Crippen LogP contribution in [-0.4, -0.2) is 254 Å². The molecule has 0 saturated carbocycles. The average Bonchev–Trinajstić information content (AvgIpc) is 0.870. The summed E-state index contributed by atoms with van der Waals surface area (Å²) in [4.78, 5) is 186. The molecule has 2 saturated heterocycles. The van der Waals surface area contributed by atoms with Crippen molar-refractivity contribution < 1.29 is 75.4 Å². The third-order valence-corrected chi connectivity index (χ3v) is 19.2. The third-order valence-electron chi connectivity index (χ3n) is 18.9. The van der Waals surface area contributed by atoms with E-state index in [0.29, 0.717) is 60.5 Å². The number of likely N-dealkylation sites (N-methyl/N-ethyl adjacent to an activating group) is 7. The molecule has 562 valence electrons. The Hall–Kier alpha value is -8.66. The van der Waals surface area contributed by atoms with Crippen molar-refractivity contribution in [1.82, 2.24) is 60.5 Å². The summed E-state index contributed by atoms with van der Waals surface area (Å²) in [5, 5.41) is 11.3. The fourth-order valence-corrected chi connectivity index (χ4v) is 12.0. The SMILES string of the molecule is CC[C@H](C)[C@@H]1NC(=O)[C@H](C)N(C)C(=O)CC(C(=O)N2CCCC2)NC(=O)[C@H](CC(C)C)N(C)C(=O)[C@H](Cc2ccccc2)N(C)C(=O)[C@H](COCCC(C)C)NC(=O)[C@H](CCc2ccc(C(F)(F)F)cc2)NC(=O)CN(C)C(=O)[C@H](Cc2ccc(Cl)cc2)N(C)C(=O)CN(C)C(=O)CN(C)C1=O. The number of rotatable bonds is 17. The molecule has 0 aliphatic carbocycles. The fraction of sp³-hybridized carbons (Fsp3) is 0.589. The minimum absolute atomic E-state index is 0.0161. The van der Waals surface area contributed by atoms with Gasteiger partial charge in [0.2, 0.25) is 70.9 Å². The van der Waals surface area contributed by atoms with Gasteiger partial charge in [0.1, 0.15) is 48.3 Å². The molecule has 0 radical (unpaired) electrons. The highest BCUT2D eigenvalue weighted by molar-refractivity contribution is 6.30. The summed E-state index contributed by atoms with van der Waals surface area (Å²) in [6.45, 7) is 10.8. The minimum atomic E-state index is -4.66. The summed E-state index contributed by atoms with van der Waals surface area (Å²) in [6, 6.07) is 7.97. The average molecular weight is 1450 g/mol. The number of carbonyl (C=O) groups excluding carboxylic acids is 12. The molecule has 0 bridgehead atoms. The van der Waals surface area contributed by atoms with Gasteiger partial charge in [0.15, 0.2) is 0 Å². The first-order valence-corrected chi connectivity index (χ1v) is 35.1. The van der Waals surface area contributed by atoms with E-state index in [2.05, 4.69) is 21.3 Å². The van der Waals surface area contributed by atoms with Crippen molar-refractivity contribution in [2.24, 2.45) is 17.8 Å². The van der Waals surface area contributed by atoms with Gasteiger partial charge in [0, 0.05) is 86.9 Å². The van der Waals surface area contributed by atoms with Crippen LogP contribution in [0.1, 0.15) is 116 Å². The van der Waals surface area contributed by atoms with E-state index >= 15 is 19.2 Å². The minimum Gasteiger partial charge on any atom is -0.379 e. The molecule has 2 heterocycles. The lowest BCUT2D eigenvalue weighted by Gasteiger charge is -2.37. The number of aryl methyl sites for hydroxylation is 1. The standard InChI is InChI=1S/C73H104ClF3N12O13/c1-15-47(6)64-72(101)84(10)42-62(92)82(8)43-63(93)86(12)58(39-51-25-30-53(74)31-26-51)70(99)83(9)41-60(90)78-54(32-27-49-23-28-52(29-24-49)73(75,76)77)66(95)80-56(44-102-36-33-45(2)3)68(97)88(14)59(38-50-21-17-16-18-22-50)71(100)87(13)57(37-46(4)5)67(96)79-55(69(98)89-34-19-20-35-89)40-61(91)85(11)48(7)65(94)81-64/h16-18,21-26,28-31,45-48,54-59,64H,15,19-20,27,32-44H2,1-14H3,(H,78,90)(H,79,96)(H,80,95)(H,81,94)/t47-,48-,54-,55?,56-,57-,58-,59-,64-/m0/s1. The van der Waals surface area contributed by atoms with Gasteiger partial charge in [0.05, 0.1) is 38.2 Å². The molecule has 25 nitrogen and oxygen atoms in total. The number of amides is 12. The molecule has 4 N–H and O–H groups in total. The number of hydrogen-bond donors (Lipinski definition) is 4. The number of carbonyl (C=O) groups is 12. The maximum absolute atomic E-state index is 15.6. The van der Waals surface area contributed by atoms with Gasteiger partial charge in [-0.15, -0.1) is 0 Å². The molecule has 12 amide bonds. The number of halogens is 4. The predicted octanol–water partition coefficient (Wildman–Crippen LogP) is 4.60. The van der Waals surface area contributed by atoms with Gasteiger partial charge in [-0.1, -0.05) is 114 Å². The van der Waals surface area contributed by atoms with Crippen molar-refractivity contribution in [2.75, 3.05) is 95.3 Å². The Bertz CT molecular complexity index is 3380. The molecule has 0 spiro atoms. The van der Waals surface area contributed by atoms with Crippen LogP contribution in [0.4, 0.5) is 13.2 Å². The van der Waals surface area contributed by atoms with Gasteiger partial charge in [0.25, 0.3) is 0 Å². The molecule has 102 heavy (non-hydrogen) atoms. The monoisotopic (exact) mass is 1450 g/mol. The fourth-order valence-electron chi connectivity index (χ4n) is 11.8. The highest BCUT2D eigenvalue weighted by Gasteiger charge is 2.42. The van der Waals surface area contributed by atoms with Crippen molar-refractivity contribution in [3.05, 3.63) is 106 Å². The van der Waals surface area contributed by atoms with E-state index in [4.69, 9.17) is 16.3 Å². The molecular formula is C73H104ClF3N12O13. The Morgan fingerprint density at radius 3 is 1.71 bits per heavy atom. The number of nitrogens with zero attached hydrogens (tertiary/aromatic N) is 8. The van der Waals surface area contributed by atoms with Crippen LogP contribution in [0, 0.1) is 17.8 Å². The smallest absolute Gasteiger partial charge is 0.379 e. The zero-order valence-corrected chi connectivity index (χ0v) is 62.0. The van der Waals surface area contributed by atoms with E-state index < -0.39 is 170 Å². The van der Waals surface area contributed by atoms with Gasteiger partial charge < -0.3 is 65.2 Å². The number of likely N-dealkylation sites (tertiary alicyclic amines) is 1. The Balaban J connectivity index is 1.66. The lowest BCUT2D eigenvalue weighted by atomic mass is 9.97. The van der Waals surface area contributed by atoms with Crippen LogP contribution in [0.2, 0.25) is 5.02 Å². The number of nitrogens with one attached hydrogen (secondary N) is 4. The second-order valence-electron chi connectivity index (χ2n) is 27.8. The maximum Gasteiger partial charge on any atom is 0.416 e. The van der Waals surface area contributed by atoms with E-state index in [0.717, 1.165) is 41.5 Å². The Kier molecular flexibility index (Phi) is 32.2. The Labute approximate surface area is 602 Å². The van der Waals surface area contributed by atoms with Crippen LogP contribution in [0.3, 0.4) is 0 Å². The van der Waals surface area contributed by atoms with E-state index in [-0.39, 0.29) is 50.5 Å². The van der Waals surface area contributed by atoms with Crippen LogP contribution in [-0.2, 0) is 87.7 Å². The summed E-state index contributed by atoms with van der Waals surface area (Å²) in [5.74, 6) is -9.95. The molecule has 2 aliphatic heterocycles. The molecule has 29 heteroatoms. The number of alkyl halides is 3. The number of ether oxygens (including phenoxy) is 1. The molecule has 2 fully saturated rings. The molecule has 2 aliphatic rings. The van der Waals surface area contributed by atoms with Gasteiger partial charge in [-0.3, -0.25) is 57.5 Å². The van der Waals surface area contributed by atoms with Crippen LogP contribution in [0.15, 0.2) is 78.9 Å². The van der Waals surface area contributed by atoms with Crippen molar-refractivity contribution in [2.45, 2.75) is 167 Å². The topological polar surface area (TPSA) is 288 Å². The summed E-state index contributed by atoms with van der Waals surface area (Å²) >= 11 is 6.23. The first-order valence-electron chi connectivity index (χ1n) is 34.7. The molecule has 3 aromatic carbocycles. The zero-order valence-electron chi connectivity index (χ0n) is 61.3. The summed E-state index contributed by atoms with van der Waals surface area (Å²) in [5.41, 5.74) is 0.528. The van der Waals surface area contributed by atoms with Crippen LogP contribution >= 0.6 is 11.6 Å². The van der Waals surface area contributed by atoms with Gasteiger partial charge in [-0.05, 0) is 104 Å². The summed E-state index contributed by atoms with van der Waals surface area (Å²) in [6.07, 6.45) is -3.73. The third kappa shape index (κ3) is 24.5. The number of benzene rings is 3. The highest BCUT2D eigenvalue weighted by Crippen LogP contribution is 2.30. The first-order chi connectivity index (χ1) is 47.9. The van der Waals surface area contributed by atoms with Crippen molar-refractivity contribution in [3.63, 3.8) is 0 Å². The van der Waals surface area contributed by atoms with Gasteiger partial charge >= 0.3 is 6.18 Å². The van der Waals surface area contributed by atoms with Crippen molar-refractivity contribution in [3.8, 4) is 0 Å².